The Bertz CT molecular complexity index is 587. The third-order valence-corrected chi connectivity index (χ3v) is 2.72. The summed E-state index contributed by atoms with van der Waals surface area (Å²) >= 11 is 0. The molecule has 0 N–H and O–H groups in total. The predicted octanol–water partition coefficient (Wildman–Crippen LogP) is 5.10. The highest BCUT2D eigenvalue weighted by Gasteiger charge is 2.62. The van der Waals surface area contributed by atoms with Gasteiger partial charge in [-0.3, -0.25) is 4.90 Å². The van der Waals surface area contributed by atoms with Gasteiger partial charge in [-0.15, -0.1) is 0 Å². The van der Waals surface area contributed by atoms with Crippen molar-refractivity contribution in [1.29, 1.82) is 0 Å². The van der Waals surface area contributed by atoms with Gasteiger partial charge in [-0.2, -0.15) is 35.1 Å². The maximum Gasteiger partial charge on any atom is 0.485 e. The van der Waals surface area contributed by atoms with Crippen molar-refractivity contribution in [2.75, 3.05) is 11.4 Å². The quantitative estimate of drug-likeness (QED) is 0.411. The largest absolute Gasteiger partial charge is 0.485 e. The van der Waals surface area contributed by atoms with E-state index >= 15 is 0 Å². The van der Waals surface area contributed by atoms with E-state index in [2.05, 4.69) is 0 Å². The highest BCUT2D eigenvalue weighted by molar-refractivity contribution is 5.53. The minimum absolute atomic E-state index is 0.447. The standard InChI is InChI=1S/C11H6F11N/c1-2-23(11(20,21)22)5-3-4(12)7(13)6(8(5)14)9(15,16)10(17,18)19/h3H,2H2,1H3. The van der Waals surface area contributed by atoms with Crippen LogP contribution in [0.2, 0.25) is 0 Å². The van der Waals surface area contributed by atoms with Gasteiger partial charge in [-0.1, -0.05) is 0 Å². The van der Waals surface area contributed by atoms with E-state index in [1.54, 1.807) is 0 Å². The van der Waals surface area contributed by atoms with Gasteiger partial charge in [-0.05, 0) is 6.92 Å². The van der Waals surface area contributed by atoms with Crippen LogP contribution >= 0.6 is 0 Å². The van der Waals surface area contributed by atoms with Crippen LogP contribution in [0.4, 0.5) is 54.0 Å². The van der Waals surface area contributed by atoms with E-state index in [0.717, 1.165) is 6.92 Å². The maximum atomic E-state index is 13.8. The highest BCUT2D eigenvalue weighted by Crippen LogP contribution is 2.48. The molecule has 23 heavy (non-hydrogen) atoms. The van der Waals surface area contributed by atoms with Crippen LogP contribution in [0.15, 0.2) is 6.07 Å². The molecule has 12 heteroatoms. The lowest BCUT2D eigenvalue weighted by molar-refractivity contribution is -0.291. The van der Waals surface area contributed by atoms with E-state index in [4.69, 9.17) is 0 Å². The van der Waals surface area contributed by atoms with Gasteiger partial charge in [-0.25, -0.2) is 13.2 Å². The lowest BCUT2D eigenvalue weighted by atomic mass is 10.0. The lowest BCUT2D eigenvalue weighted by Crippen LogP contribution is -2.40. The summed E-state index contributed by atoms with van der Waals surface area (Å²) in [7, 11) is 0. The molecule has 0 aromatic heterocycles. The molecule has 0 aliphatic carbocycles. The third-order valence-electron chi connectivity index (χ3n) is 2.72. The Morgan fingerprint density at radius 2 is 1.35 bits per heavy atom. The summed E-state index contributed by atoms with van der Waals surface area (Å²) < 4.78 is 141. The molecule has 0 atom stereocenters. The molecule has 1 nitrogen and oxygen atoms in total. The smallest absolute Gasteiger partial charge is 0.281 e. The fraction of sp³-hybridized carbons (Fsp3) is 0.455. The lowest BCUT2D eigenvalue weighted by Gasteiger charge is -2.28. The van der Waals surface area contributed by atoms with Crippen LogP contribution in [0.1, 0.15) is 12.5 Å². The molecule has 0 aliphatic rings. The number of hydrogen-bond donors (Lipinski definition) is 0. The van der Waals surface area contributed by atoms with Gasteiger partial charge in [0, 0.05) is 12.6 Å². The molecule has 0 saturated carbocycles. The Hall–Kier alpha value is -1.75. The van der Waals surface area contributed by atoms with Crippen molar-refractivity contribution in [3.8, 4) is 0 Å². The molecule has 1 aromatic rings. The van der Waals surface area contributed by atoms with Crippen molar-refractivity contribution in [3.63, 3.8) is 0 Å². The van der Waals surface area contributed by atoms with Gasteiger partial charge in [0.2, 0.25) is 0 Å². The van der Waals surface area contributed by atoms with E-state index in [-0.39, 0.29) is 0 Å². The normalized spacial score (nSPS) is 13.4. The van der Waals surface area contributed by atoms with E-state index in [1.165, 1.54) is 0 Å². The topological polar surface area (TPSA) is 3.24 Å². The van der Waals surface area contributed by atoms with Crippen molar-refractivity contribution in [1.82, 2.24) is 0 Å². The number of nitrogens with zero attached hydrogens (tertiary/aromatic N) is 1. The van der Waals surface area contributed by atoms with Gasteiger partial charge >= 0.3 is 18.4 Å². The summed E-state index contributed by atoms with van der Waals surface area (Å²) in [4.78, 5) is -0.944. The number of halogens is 11. The Balaban J connectivity index is 3.76. The molecule has 1 aromatic carbocycles. The van der Waals surface area contributed by atoms with Gasteiger partial charge in [0.1, 0.15) is 5.56 Å². The summed E-state index contributed by atoms with van der Waals surface area (Å²) in [5.74, 6) is -14.5. The van der Waals surface area contributed by atoms with Gasteiger partial charge < -0.3 is 0 Å². The van der Waals surface area contributed by atoms with Gasteiger partial charge in [0.15, 0.2) is 17.5 Å². The minimum atomic E-state index is -6.55. The van der Waals surface area contributed by atoms with Gasteiger partial charge in [0.05, 0.1) is 5.69 Å². The summed E-state index contributed by atoms with van der Waals surface area (Å²) in [5.41, 5.74) is -5.12. The zero-order valence-corrected chi connectivity index (χ0v) is 10.9. The van der Waals surface area contributed by atoms with E-state index in [0.29, 0.717) is 0 Å². The number of anilines is 1. The molecule has 132 valence electrons. The van der Waals surface area contributed by atoms with Crippen LogP contribution in [0, 0.1) is 17.5 Å². The molecular weight excluding hydrogens is 355 g/mol. The van der Waals surface area contributed by atoms with Crippen molar-refractivity contribution < 1.29 is 48.3 Å². The second-order valence-electron chi connectivity index (χ2n) is 4.16. The fourth-order valence-electron chi connectivity index (χ4n) is 1.69. The van der Waals surface area contributed by atoms with Crippen molar-refractivity contribution in [3.05, 3.63) is 29.1 Å². The second kappa shape index (κ2) is 5.71. The van der Waals surface area contributed by atoms with Crippen molar-refractivity contribution in [2.45, 2.75) is 25.3 Å². The average Bonchev–Trinajstić information content (AvgIpc) is 2.33. The first-order chi connectivity index (χ1) is 10.2. The zero-order chi connectivity index (χ0) is 18.4. The van der Waals surface area contributed by atoms with Crippen LogP contribution < -0.4 is 4.90 Å². The fourth-order valence-corrected chi connectivity index (χ4v) is 1.69. The van der Waals surface area contributed by atoms with E-state index in [1.807, 2.05) is 0 Å². The van der Waals surface area contributed by atoms with Crippen molar-refractivity contribution >= 4 is 5.69 Å². The number of rotatable bonds is 3. The van der Waals surface area contributed by atoms with E-state index < -0.39 is 64.6 Å². The summed E-state index contributed by atoms with van der Waals surface area (Å²) in [6.45, 7) is -0.404. The maximum absolute atomic E-state index is 13.8. The Labute approximate surface area is 121 Å². The van der Waals surface area contributed by atoms with Crippen LogP contribution in [-0.4, -0.2) is 19.0 Å². The second-order valence-corrected chi connectivity index (χ2v) is 4.16. The molecule has 0 aliphatic heterocycles. The molecule has 1 rings (SSSR count). The molecule has 0 bridgehead atoms. The molecule has 0 saturated heterocycles. The molecule has 0 fully saturated rings. The first-order valence-corrected chi connectivity index (χ1v) is 5.63. The van der Waals surface area contributed by atoms with Crippen LogP contribution in [-0.2, 0) is 5.92 Å². The Morgan fingerprint density at radius 3 is 1.70 bits per heavy atom. The molecule has 0 unspecified atom stereocenters. The SMILES string of the molecule is CCN(c1cc(F)c(F)c(C(F)(F)C(F)(F)F)c1F)C(F)(F)F. The van der Waals surface area contributed by atoms with Crippen LogP contribution in [0.3, 0.4) is 0 Å². The predicted molar refractivity (Wildman–Crippen MR) is 55.3 cm³/mol. The molecule has 0 radical (unpaired) electrons. The summed E-state index contributed by atoms with van der Waals surface area (Å²) in [5, 5.41) is 0. The highest BCUT2D eigenvalue weighted by atomic mass is 19.4. The monoisotopic (exact) mass is 361 g/mol. The minimum Gasteiger partial charge on any atom is -0.281 e. The first-order valence-electron chi connectivity index (χ1n) is 5.63. The van der Waals surface area contributed by atoms with E-state index in [9.17, 15) is 48.3 Å². The molecule has 0 spiro atoms. The molecule has 0 amide bonds. The summed E-state index contributed by atoms with van der Waals surface area (Å²) in [6, 6.07) is -0.447. The molecular formula is C11H6F11N. The number of alkyl halides is 8. The molecule has 0 heterocycles. The zero-order valence-electron chi connectivity index (χ0n) is 10.9. The van der Waals surface area contributed by atoms with Crippen LogP contribution in [0.5, 0.6) is 0 Å². The summed E-state index contributed by atoms with van der Waals surface area (Å²) in [6.07, 6.45) is -12.0. The van der Waals surface area contributed by atoms with Gasteiger partial charge in [0.25, 0.3) is 0 Å². The van der Waals surface area contributed by atoms with Crippen molar-refractivity contribution in [2.24, 2.45) is 0 Å². The van der Waals surface area contributed by atoms with Crippen LogP contribution in [0.25, 0.3) is 0 Å². The number of benzene rings is 1. The number of hydrogen-bond acceptors (Lipinski definition) is 1. The average molecular weight is 361 g/mol. The Kier molecular flexibility index (Phi) is 4.79. The third kappa shape index (κ3) is 3.29. The Morgan fingerprint density at radius 1 is 0.870 bits per heavy atom. The first kappa shape index (κ1) is 19.3.